The van der Waals surface area contributed by atoms with Crippen LogP contribution in [0.4, 0.5) is 0 Å². The summed E-state index contributed by atoms with van der Waals surface area (Å²) in [5, 5.41) is 2.92. The van der Waals surface area contributed by atoms with Crippen molar-refractivity contribution in [1.29, 1.82) is 0 Å². The monoisotopic (exact) mass is 318 g/mol. The fourth-order valence-corrected chi connectivity index (χ4v) is 2.29. The third-order valence-corrected chi connectivity index (χ3v) is 3.60. The molecule has 0 radical (unpaired) electrons. The zero-order chi connectivity index (χ0) is 16.8. The van der Waals surface area contributed by atoms with Gasteiger partial charge in [0.25, 0.3) is 5.91 Å². The Balaban J connectivity index is 2.12. The lowest BCUT2D eigenvalue weighted by atomic mass is 10.1. The Morgan fingerprint density at radius 2 is 2.04 bits per heavy atom. The maximum Gasteiger partial charge on any atom is 0.255 e. The standard InChI is InChI=1S/C17H22N2O4/c1-19(2)14(16-6-5-9-23-16)11-18-17(20)13-10-12(21-3)7-8-15(13)22-4/h5-10,14H,11H2,1-4H3,(H,18,20). The summed E-state index contributed by atoms with van der Waals surface area (Å²) in [4.78, 5) is 14.5. The van der Waals surface area contributed by atoms with Gasteiger partial charge in [-0.2, -0.15) is 0 Å². The smallest absolute Gasteiger partial charge is 0.255 e. The number of hydrogen-bond acceptors (Lipinski definition) is 5. The molecule has 0 fully saturated rings. The summed E-state index contributed by atoms with van der Waals surface area (Å²) in [5.41, 5.74) is 0.434. The van der Waals surface area contributed by atoms with Gasteiger partial charge in [-0.05, 0) is 44.4 Å². The number of furan rings is 1. The van der Waals surface area contributed by atoms with Gasteiger partial charge in [-0.1, -0.05) is 0 Å². The van der Waals surface area contributed by atoms with Crippen LogP contribution in [0.25, 0.3) is 0 Å². The van der Waals surface area contributed by atoms with E-state index in [0.717, 1.165) is 5.76 Å². The summed E-state index contributed by atoms with van der Waals surface area (Å²) in [6.07, 6.45) is 1.62. The van der Waals surface area contributed by atoms with Crippen LogP contribution in [0.1, 0.15) is 22.2 Å². The highest BCUT2D eigenvalue weighted by Gasteiger charge is 2.20. The molecule has 2 aromatic rings. The highest BCUT2D eigenvalue weighted by atomic mass is 16.5. The fourth-order valence-electron chi connectivity index (χ4n) is 2.29. The van der Waals surface area contributed by atoms with Crippen molar-refractivity contribution >= 4 is 5.91 Å². The summed E-state index contributed by atoms with van der Waals surface area (Å²) >= 11 is 0. The SMILES string of the molecule is COc1ccc(OC)c(C(=O)NCC(c2ccco2)N(C)C)c1. The molecule has 2 rings (SSSR count). The zero-order valence-electron chi connectivity index (χ0n) is 13.8. The van der Waals surface area contributed by atoms with E-state index in [1.165, 1.54) is 7.11 Å². The Bertz CT molecular complexity index is 638. The molecule has 1 amide bonds. The minimum Gasteiger partial charge on any atom is -0.497 e. The molecular weight excluding hydrogens is 296 g/mol. The first-order chi connectivity index (χ1) is 11.1. The van der Waals surface area contributed by atoms with E-state index in [0.29, 0.717) is 23.6 Å². The minimum absolute atomic E-state index is 0.0504. The Morgan fingerprint density at radius 1 is 1.26 bits per heavy atom. The third kappa shape index (κ3) is 4.04. The van der Waals surface area contributed by atoms with E-state index >= 15 is 0 Å². The third-order valence-electron chi connectivity index (χ3n) is 3.60. The highest BCUT2D eigenvalue weighted by Crippen LogP contribution is 2.24. The average Bonchev–Trinajstić information content (AvgIpc) is 3.08. The van der Waals surface area contributed by atoms with Gasteiger partial charge in [0.05, 0.1) is 32.1 Å². The molecule has 1 heterocycles. The molecule has 6 nitrogen and oxygen atoms in total. The number of hydrogen-bond donors (Lipinski definition) is 1. The van der Waals surface area contributed by atoms with Gasteiger partial charge in [0, 0.05) is 6.54 Å². The zero-order valence-corrected chi connectivity index (χ0v) is 13.8. The number of nitrogens with zero attached hydrogens (tertiary/aromatic N) is 1. The molecule has 0 spiro atoms. The lowest BCUT2D eigenvalue weighted by molar-refractivity contribution is 0.0935. The summed E-state index contributed by atoms with van der Waals surface area (Å²) in [7, 11) is 6.96. The van der Waals surface area contributed by atoms with Gasteiger partial charge in [-0.3, -0.25) is 9.69 Å². The van der Waals surface area contributed by atoms with Gasteiger partial charge in [0.1, 0.15) is 17.3 Å². The van der Waals surface area contributed by atoms with Crippen LogP contribution in [0.3, 0.4) is 0 Å². The number of likely N-dealkylation sites (N-methyl/N-ethyl adjacent to an activating group) is 1. The fraction of sp³-hybridized carbons (Fsp3) is 0.353. The number of nitrogens with one attached hydrogen (secondary N) is 1. The van der Waals surface area contributed by atoms with Crippen LogP contribution >= 0.6 is 0 Å². The largest absolute Gasteiger partial charge is 0.497 e. The highest BCUT2D eigenvalue weighted by molar-refractivity contribution is 5.97. The second-order valence-corrected chi connectivity index (χ2v) is 5.27. The summed E-state index contributed by atoms with van der Waals surface area (Å²) in [6.45, 7) is 0.416. The molecular formula is C17H22N2O4. The van der Waals surface area contributed by atoms with Crippen LogP contribution in [0.15, 0.2) is 41.0 Å². The Labute approximate surface area is 136 Å². The number of ether oxygens (including phenoxy) is 2. The van der Waals surface area contributed by atoms with E-state index in [1.54, 1.807) is 31.6 Å². The molecule has 1 N–H and O–H groups in total. The van der Waals surface area contributed by atoms with Crippen molar-refractivity contribution < 1.29 is 18.7 Å². The van der Waals surface area contributed by atoms with E-state index < -0.39 is 0 Å². The van der Waals surface area contributed by atoms with E-state index in [2.05, 4.69) is 5.32 Å². The first kappa shape index (κ1) is 16.9. The van der Waals surface area contributed by atoms with Crippen LogP contribution in [0.5, 0.6) is 11.5 Å². The molecule has 6 heteroatoms. The van der Waals surface area contributed by atoms with Gasteiger partial charge in [-0.25, -0.2) is 0 Å². The van der Waals surface area contributed by atoms with Crippen molar-refractivity contribution in [3.8, 4) is 11.5 Å². The summed E-state index contributed by atoms with van der Waals surface area (Å²) in [5.74, 6) is 1.68. The van der Waals surface area contributed by atoms with Crippen molar-refractivity contribution in [1.82, 2.24) is 10.2 Å². The summed E-state index contributed by atoms with van der Waals surface area (Å²) < 4.78 is 15.9. The van der Waals surface area contributed by atoms with Crippen LogP contribution < -0.4 is 14.8 Å². The molecule has 0 aliphatic heterocycles. The van der Waals surface area contributed by atoms with Crippen LogP contribution in [0, 0.1) is 0 Å². The molecule has 1 aromatic carbocycles. The quantitative estimate of drug-likeness (QED) is 0.849. The van der Waals surface area contributed by atoms with Gasteiger partial charge < -0.3 is 19.2 Å². The maximum atomic E-state index is 12.5. The lowest BCUT2D eigenvalue weighted by Gasteiger charge is -2.22. The molecule has 124 valence electrons. The second-order valence-electron chi connectivity index (χ2n) is 5.27. The number of amides is 1. The van der Waals surface area contributed by atoms with E-state index in [1.807, 2.05) is 31.1 Å². The molecule has 0 saturated heterocycles. The number of methoxy groups -OCH3 is 2. The first-order valence-electron chi connectivity index (χ1n) is 7.27. The van der Waals surface area contributed by atoms with Crippen molar-refractivity contribution in [2.45, 2.75) is 6.04 Å². The molecule has 0 bridgehead atoms. The van der Waals surface area contributed by atoms with E-state index in [-0.39, 0.29) is 11.9 Å². The topological polar surface area (TPSA) is 63.9 Å². The maximum absolute atomic E-state index is 12.5. The predicted molar refractivity (Wildman–Crippen MR) is 87.0 cm³/mol. The summed E-state index contributed by atoms with van der Waals surface area (Å²) in [6, 6.07) is 8.80. The Morgan fingerprint density at radius 3 is 2.61 bits per heavy atom. The molecule has 0 aliphatic carbocycles. The van der Waals surface area contributed by atoms with Crippen molar-refractivity contribution in [3.05, 3.63) is 47.9 Å². The van der Waals surface area contributed by atoms with Crippen LogP contribution in [0.2, 0.25) is 0 Å². The van der Waals surface area contributed by atoms with Crippen molar-refractivity contribution in [2.75, 3.05) is 34.9 Å². The molecule has 23 heavy (non-hydrogen) atoms. The van der Waals surface area contributed by atoms with Crippen LogP contribution in [-0.4, -0.2) is 45.7 Å². The average molecular weight is 318 g/mol. The molecule has 0 saturated carbocycles. The molecule has 0 aliphatic rings. The minimum atomic E-state index is -0.223. The van der Waals surface area contributed by atoms with Gasteiger partial charge >= 0.3 is 0 Å². The van der Waals surface area contributed by atoms with Gasteiger partial charge in [0.2, 0.25) is 0 Å². The Hall–Kier alpha value is -2.47. The number of rotatable bonds is 7. The molecule has 1 aromatic heterocycles. The predicted octanol–water partition coefficient (Wildman–Crippen LogP) is 2.33. The molecule has 1 atom stereocenters. The second kappa shape index (κ2) is 7.69. The van der Waals surface area contributed by atoms with E-state index in [4.69, 9.17) is 13.9 Å². The number of benzene rings is 1. The van der Waals surface area contributed by atoms with E-state index in [9.17, 15) is 4.79 Å². The normalized spacial score (nSPS) is 12.0. The van der Waals surface area contributed by atoms with Crippen molar-refractivity contribution in [2.24, 2.45) is 0 Å². The van der Waals surface area contributed by atoms with Gasteiger partial charge in [0.15, 0.2) is 0 Å². The van der Waals surface area contributed by atoms with Gasteiger partial charge in [-0.15, -0.1) is 0 Å². The molecule has 1 unspecified atom stereocenters. The van der Waals surface area contributed by atoms with Crippen LogP contribution in [-0.2, 0) is 0 Å². The number of carbonyl (C=O) groups is 1. The lowest BCUT2D eigenvalue weighted by Crippen LogP contribution is -2.34. The van der Waals surface area contributed by atoms with Crippen molar-refractivity contribution in [3.63, 3.8) is 0 Å². The number of carbonyl (C=O) groups excluding carboxylic acids is 1. The first-order valence-corrected chi connectivity index (χ1v) is 7.27. The Kier molecular flexibility index (Phi) is 5.65.